The van der Waals surface area contributed by atoms with E-state index in [2.05, 4.69) is 15.2 Å². The van der Waals surface area contributed by atoms with Gasteiger partial charge in [-0.1, -0.05) is 12.1 Å². The van der Waals surface area contributed by atoms with E-state index in [4.69, 9.17) is 0 Å². The predicted octanol–water partition coefficient (Wildman–Crippen LogP) is 2.19. The highest BCUT2D eigenvalue weighted by Crippen LogP contribution is 2.23. The zero-order chi connectivity index (χ0) is 19.6. The van der Waals surface area contributed by atoms with Gasteiger partial charge in [0, 0.05) is 44.1 Å². The zero-order valence-corrected chi connectivity index (χ0v) is 15.8. The Bertz CT molecular complexity index is 1050. The molecule has 3 aromatic rings. The summed E-state index contributed by atoms with van der Waals surface area (Å²) in [5.74, 6) is -0.0526. The van der Waals surface area contributed by atoms with Gasteiger partial charge in [0.05, 0.1) is 5.69 Å². The molecule has 0 saturated carbocycles. The van der Waals surface area contributed by atoms with Gasteiger partial charge in [-0.25, -0.2) is 12.8 Å². The summed E-state index contributed by atoms with van der Waals surface area (Å²) in [6.07, 6.45) is 3.39. The lowest BCUT2D eigenvalue weighted by Gasteiger charge is -2.34. The van der Waals surface area contributed by atoms with Crippen LogP contribution in [0.4, 0.5) is 10.2 Å². The van der Waals surface area contributed by atoms with Crippen molar-refractivity contribution in [3.63, 3.8) is 0 Å². The molecule has 0 spiro atoms. The van der Waals surface area contributed by atoms with Gasteiger partial charge in [-0.15, -0.1) is 10.2 Å². The van der Waals surface area contributed by atoms with E-state index >= 15 is 0 Å². The van der Waals surface area contributed by atoms with Crippen molar-refractivity contribution in [2.24, 2.45) is 0 Å². The van der Waals surface area contributed by atoms with Crippen LogP contribution in [0.15, 0.2) is 65.8 Å². The Morgan fingerprint density at radius 3 is 2.21 bits per heavy atom. The maximum absolute atomic E-state index is 13.9. The Kier molecular flexibility index (Phi) is 5.01. The SMILES string of the molecule is O=S(=O)(c1ccccc1F)N1CCN(c2ccc(-c3ccncc3)nn2)CC1. The quantitative estimate of drug-likeness (QED) is 0.669. The summed E-state index contributed by atoms with van der Waals surface area (Å²) in [5.41, 5.74) is 1.67. The lowest BCUT2D eigenvalue weighted by molar-refractivity contribution is 0.381. The Hall–Kier alpha value is -2.91. The van der Waals surface area contributed by atoms with Crippen LogP contribution in [-0.4, -0.2) is 54.1 Å². The molecule has 0 radical (unpaired) electrons. The van der Waals surface area contributed by atoms with Crippen molar-refractivity contribution in [2.45, 2.75) is 4.90 Å². The summed E-state index contributed by atoms with van der Waals surface area (Å²) in [4.78, 5) is 5.66. The van der Waals surface area contributed by atoms with Crippen LogP contribution in [0.25, 0.3) is 11.3 Å². The number of hydrogen-bond donors (Lipinski definition) is 0. The molecule has 1 aliphatic heterocycles. The summed E-state index contributed by atoms with van der Waals surface area (Å²) in [6.45, 7) is 1.42. The smallest absolute Gasteiger partial charge is 0.246 e. The molecule has 0 aliphatic carbocycles. The van der Waals surface area contributed by atoms with Crippen LogP contribution in [-0.2, 0) is 10.0 Å². The first-order chi connectivity index (χ1) is 13.6. The standard InChI is InChI=1S/C19H18FN5O2S/c20-16-3-1-2-4-18(16)28(26,27)25-13-11-24(12-14-25)19-6-5-17(22-23-19)15-7-9-21-10-8-15/h1-10H,11-14H2. The Morgan fingerprint density at radius 2 is 1.57 bits per heavy atom. The number of benzene rings is 1. The number of halogens is 1. The molecule has 9 heteroatoms. The number of sulfonamides is 1. The Labute approximate surface area is 162 Å². The highest BCUT2D eigenvalue weighted by molar-refractivity contribution is 7.89. The minimum absolute atomic E-state index is 0.254. The number of aromatic nitrogens is 3. The predicted molar refractivity (Wildman–Crippen MR) is 103 cm³/mol. The lowest BCUT2D eigenvalue weighted by atomic mass is 10.2. The molecule has 7 nitrogen and oxygen atoms in total. The van der Waals surface area contributed by atoms with Crippen molar-refractivity contribution in [2.75, 3.05) is 31.1 Å². The molecule has 0 atom stereocenters. The largest absolute Gasteiger partial charge is 0.352 e. The number of anilines is 1. The lowest BCUT2D eigenvalue weighted by Crippen LogP contribution is -2.49. The minimum Gasteiger partial charge on any atom is -0.352 e. The van der Waals surface area contributed by atoms with Gasteiger partial charge in [0.1, 0.15) is 10.7 Å². The van der Waals surface area contributed by atoms with Gasteiger partial charge >= 0.3 is 0 Å². The number of hydrogen-bond acceptors (Lipinski definition) is 6. The van der Waals surface area contributed by atoms with E-state index in [1.807, 2.05) is 29.2 Å². The van der Waals surface area contributed by atoms with E-state index in [1.165, 1.54) is 22.5 Å². The van der Waals surface area contributed by atoms with Crippen molar-refractivity contribution in [3.8, 4) is 11.3 Å². The second kappa shape index (κ2) is 7.61. The first kappa shape index (κ1) is 18.5. The molecule has 0 amide bonds. The third kappa shape index (κ3) is 3.58. The maximum atomic E-state index is 13.9. The third-order valence-electron chi connectivity index (χ3n) is 4.64. The normalized spacial score (nSPS) is 15.5. The Morgan fingerprint density at radius 1 is 0.857 bits per heavy atom. The van der Waals surface area contributed by atoms with Gasteiger partial charge in [0.15, 0.2) is 5.82 Å². The number of piperazine rings is 1. The average Bonchev–Trinajstić information content (AvgIpc) is 2.75. The summed E-state index contributed by atoms with van der Waals surface area (Å²) < 4.78 is 40.6. The monoisotopic (exact) mass is 399 g/mol. The van der Waals surface area contributed by atoms with Crippen LogP contribution in [0, 0.1) is 5.82 Å². The summed E-state index contributed by atoms with van der Waals surface area (Å²) >= 11 is 0. The molecule has 0 bridgehead atoms. The molecule has 1 aromatic carbocycles. The van der Waals surface area contributed by atoms with Crippen LogP contribution in [0.3, 0.4) is 0 Å². The molecule has 1 fully saturated rings. The maximum Gasteiger partial charge on any atom is 0.246 e. The van der Waals surface area contributed by atoms with Crippen LogP contribution >= 0.6 is 0 Å². The molecule has 2 aromatic heterocycles. The summed E-state index contributed by atoms with van der Waals surface area (Å²) in [5, 5.41) is 8.52. The van der Waals surface area contributed by atoms with E-state index in [9.17, 15) is 12.8 Å². The zero-order valence-electron chi connectivity index (χ0n) is 14.9. The van der Waals surface area contributed by atoms with Gasteiger partial charge in [-0.3, -0.25) is 4.98 Å². The molecule has 144 valence electrons. The molecule has 1 aliphatic rings. The van der Waals surface area contributed by atoms with Crippen LogP contribution < -0.4 is 4.90 Å². The van der Waals surface area contributed by atoms with E-state index in [-0.39, 0.29) is 18.0 Å². The molecule has 28 heavy (non-hydrogen) atoms. The molecule has 0 N–H and O–H groups in total. The molecular formula is C19H18FN5O2S. The van der Waals surface area contributed by atoms with Gasteiger partial charge in [-0.2, -0.15) is 4.31 Å². The van der Waals surface area contributed by atoms with Gasteiger partial charge in [0.25, 0.3) is 0 Å². The van der Waals surface area contributed by atoms with E-state index in [0.29, 0.717) is 18.9 Å². The average molecular weight is 399 g/mol. The van der Waals surface area contributed by atoms with E-state index < -0.39 is 15.8 Å². The topological polar surface area (TPSA) is 79.3 Å². The fourth-order valence-electron chi connectivity index (χ4n) is 3.12. The number of rotatable bonds is 4. The molecular weight excluding hydrogens is 381 g/mol. The second-order valence-electron chi connectivity index (χ2n) is 6.33. The number of pyridine rings is 1. The van der Waals surface area contributed by atoms with Crippen molar-refractivity contribution >= 4 is 15.8 Å². The van der Waals surface area contributed by atoms with Gasteiger partial charge < -0.3 is 4.90 Å². The first-order valence-electron chi connectivity index (χ1n) is 8.79. The fraction of sp³-hybridized carbons (Fsp3) is 0.211. The summed E-state index contributed by atoms with van der Waals surface area (Å²) in [6, 6.07) is 12.9. The van der Waals surface area contributed by atoms with Gasteiger partial charge in [-0.05, 0) is 36.4 Å². The minimum atomic E-state index is -3.85. The van der Waals surface area contributed by atoms with E-state index in [0.717, 1.165) is 17.3 Å². The molecule has 3 heterocycles. The Balaban J connectivity index is 1.45. The van der Waals surface area contributed by atoms with Crippen LogP contribution in [0.2, 0.25) is 0 Å². The van der Waals surface area contributed by atoms with Crippen LogP contribution in [0.1, 0.15) is 0 Å². The molecule has 1 saturated heterocycles. The molecule has 4 rings (SSSR count). The van der Waals surface area contributed by atoms with Crippen molar-refractivity contribution < 1.29 is 12.8 Å². The number of nitrogens with zero attached hydrogens (tertiary/aromatic N) is 5. The molecule has 0 unspecified atom stereocenters. The second-order valence-corrected chi connectivity index (χ2v) is 8.24. The van der Waals surface area contributed by atoms with Crippen molar-refractivity contribution in [1.82, 2.24) is 19.5 Å². The summed E-state index contributed by atoms with van der Waals surface area (Å²) in [7, 11) is -3.85. The fourth-order valence-corrected chi connectivity index (χ4v) is 4.61. The van der Waals surface area contributed by atoms with Crippen molar-refractivity contribution in [3.05, 3.63) is 66.7 Å². The van der Waals surface area contributed by atoms with Gasteiger partial charge in [0.2, 0.25) is 10.0 Å². The third-order valence-corrected chi connectivity index (χ3v) is 6.58. The van der Waals surface area contributed by atoms with E-state index in [1.54, 1.807) is 12.4 Å². The first-order valence-corrected chi connectivity index (χ1v) is 10.2. The van der Waals surface area contributed by atoms with Crippen molar-refractivity contribution in [1.29, 1.82) is 0 Å². The highest BCUT2D eigenvalue weighted by Gasteiger charge is 2.30. The highest BCUT2D eigenvalue weighted by atomic mass is 32.2. The van der Waals surface area contributed by atoms with Crippen LogP contribution in [0.5, 0.6) is 0 Å².